The normalized spacial score (nSPS) is 11.3. The van der Waals surface area contributed by atoms with E-state index in [1.54, 1.807) is 29.6 Å². The Morgan fingerprint density at radius 2 is 2.03 bits per heavy atom. The number of benzene rings is 2. The Morgan fingerprint density at radius 1 is 1.31 bits per heavy atom. The summed E-state index contributed by atoms with van der Waals surface area (Å²) < 4.78 is 29.7. The molecular weight excluding hydrogens is 424 g/mol. The molecule has 6 nitrogen and oxygen atoms in total. The quantitative estimate of drug-likeness (QED) is 0.268. The number of nitro groups is 1. The van der Waals surface area contributed by atoms with E-state index in [0.717, 1.165) is 23.8 Å². The van der Waals surface area contributed by atoms with Crippen molar-refractivity contribution in [3.63, 3.8) is 0 Å². The molecule has 0 aliphatic rings. The fourth-order valence-electron chi connectivity index (χ4n) is 2.41. The number of aromatic nitrogens is 1. The summed E-state index contributed by atoms with van der Waals surface area (Å²) in [6.45, 7) is -3.12. The number of rotatable bonds is 6. The fraction of sp³-hybridized carbons (Fsp3) is 0.0526. The van der Waals surface area contributed by atoms with Crippen molar-refractivity contribution in [3.05, 3.63) is 73.6 Å². The van der Waals surface area contributed by atoms with Gasteiger partial charge in [0.15, 0.2) is 0 Å². The Hall–Kier alpha value is -3.35. The number of non-ortho nitro benzene ring substituents is 1. The topological polar surface area (TPSA) is 89.0 Å². The predicted molar refractivity (Wildman–Crippen MR) is 106 cm³/mol. The molecule has 0 aliphatic carbocycles. The van der Waals surface area contributed by atoms with Gasteiger partial charge in [0.1, 0.15) is 16.8 Å². The van der Waals surface area contributed by atoms with Gasteiger partial charge < -0.3 is 4.74 Å². The van der Waals surface area contributed by atoms with Gasteiger partial charge in [-0.1, -0.05) is 23.7 Å². The van der Waals surface area contributed by atoms with E-state index in [0.29, 0.717) is 15.7 Å². The van der Waals surface area contributed by atoms with Crippen molar-refractivity contribution in [3.8, 4) is 23.1 Å². The number of allylic oxidation sites excluding steroid dienone is 1. The van der Waals surface area contributed by atoms with E-state index >= 15 is 0 Å². The summed E-state index contributed by atoms with van der Waals surface area (Å²) in [5, 5.41) is 23.1. The molecule has 2 aromatic carbocycles. The third kappa shape index (κ3) is 4.93. The summed E-state index contributed by atoms with van der Waals surface area (Å²) in [5.74, 6) is -0.284. The van der Waals surface area contributed by atoms with Crippen LogP contribution in [0.4, 0.5) is 14.5 Å². The molecule has 3 aromatic rings. The monoisotopic (exact) mass is 433 g/mol. The minimum atomic E-state index is -3.12. The summed E-state index contributed by atoms with van der Waals surface area (Å²) in [4.78, 5) is 14.7. The number of halogens is 3. The fourth-order valence-corrected chi connectivity index (χ4v) is 3.33. The number of nitrogens with zero attached hydrogens (tertiary/aromatic N) is 3. The van der Waals surface area contributed by atoms with Crippen LogP contribution in [0.15, 0.2) is 47.8 Å². The van der Waals surface area contributed by atoms with E-state index in [1.807, 2.05) is 6.07 Å². The molecule has 1 heterocycles. The molecule has 0 aliphatic heterocycles. The largest absolute Gasteiger partial charge is 0.434 e. The summed E-state index contributed by atoms with van der Waals surface area (Å²) in [7, 11) is 0. The van der Waals surface area contributed by atoms with E-state index in [1.165, 1.54) is 17.4 Å². The Morgan fingerprint density at radius 3 is 2.66 bits per heavy atom. The maximum Gasteiger partial charge on any atom is 0.387 e. The molecule has 0 saturated heterocycles. The van der Waals surface area contributed by atoms with Crippen molar-refractivity contribution in [2.24, 2.45) is 0 Å². The van der Waals surface area contributed by atoms with Crippen molar-refractivity contribution in [2.75, 3.05) is 0 Å². The van der Waals surface area contributed by atoms with E-state index in [2.05, 4.69) is 9.72 Å². The Kier molecular flexibility index (Phi) is 6.16. The lowest BCUT2D eigenvalue weighted by Gasteiger charge is -2.08. The third-order valence-electron chi connectivity index (χ3n) is 3.72. The Balaban J connectivity index is 2.02. The Bertz CT molecular complexity index is 1120. The van der Waals surface area contributed by atoms with Crippen LogP contribution in [0.1, 0.15) is 10.6 Å². The van der Waals surface area contributed by atoms with Crippen molar-refractivity contribution in [1.82, 2.24) is 4.98 Å². The van der Waals surface area contributed by atoms with Gasteiger partial charge in [0.05, 0.1) is 16.2 Å². The average Bonchev–Trinajstić information content (AvgIpc) is 3.17. The van der Waals surface area contributed by atoms with Crippen LogP contribution in [0.5, 0.6) is 5.75 Å². The predicted octanol–water partition coefficient (Wildman–Crippen LogP) is 6.04. The highest BCUT2D eigenvalue weighted by Gasteiger charge is 2.16. The van der Waals surface area contributed by atoms with Crippen LogP contribution in [0.25, 0.3) is 22.9 Å². The number of thiazole rings is 1. The lowest BCUT2D eigenvalue weighted by molar-refractivity contribution is -0.384. The average molecular weight is 434 g/mol. The van der Waals surface area contributed by atoms with Gasteiger partial charge >= 0.3 is 6.61 Å². The van der Waals surface area contributed by atoms with Gasteiger partial charge in [-0.15, -0.1) is 11.3 Å². The van der Waals surface area contributed by atoms with Gasteiger partial charge in [0, 0.05) is 33.7 Å². The van der Waals surface area contributed by atoms with Crippen LogP contribution in [0.3, 0.4) is 0 Å². The minimum Gasteiger partial charge on any atom is -0.434 e. The van der Waals surface area contributed by atoms with Gasteiger partial charge in [-0.05, 0) is 24.3 Å². The molecule has 3 rings (SSSR count). The van der Waals surface area contributed by atoms with Gasteiger partial charge in [0.2, 0.25) is 0 Å². The van der Waals surface area contributed by atoms with Gasteiger partial charge in [-0.25, -0.2) is 4.98 Å². The molecule has 0 spiro atoms. The second-order valence-corrected chi connectivity index (χ2v) is 6.87. The van der Waals surface area contributed by atoms with Gasteiger partial charge in [-0.3, -0.25) is 10.1 Å². The molecule has 146 valence electrons. The number of ether oxygens (including phenoxy) is 1. The SMILES string of the molecule is N#C/C(=C/c1cc([N+](=O)[O-])ccc1OC(F)F)c1nc(-c2ccc(Cl)cc2)cs1. The van der Waals surface area contributed by atoms with E-state index < -0.39 is 11.5 Å². The number of hydrogen-bond acceptors (Lipinski definition) is 6. The first kappa shape index (κ1) is 20.4. The van der Waals surface area contributed by atoms with E-state index in [4.69, 9.17) is 11.6 Å². The van der Waals surface area contributed by atoms with Crippen LogP contribution in [0, 0.1) is 21.4 Å². The number of hydrogen-bond donors (Lipinski definition) is 0. The van der Waals surface area contributed by atoms with Gasteiger partial charge in [-0.2, -0.15) is 14.0 Å². The second kappa shape index (κ2) is 8.77. The van der Waals surface area contributed by atoms with Crippen molar-refractivity contribution in [1.29, 1.82) is 5.26 Å². The summed E-state index contributed by atoms with van der Waals surface area (Å²) in [6.07, 6.45) is 1.23. The second-order valence-electron chi connectivity index (χ2n) is 5.57. The molecule has 0 atom stereocenters. The molecule has 0 unspecified atom stereocenters. The number of nitriles is 1. The summed E-state index contributed by atoms with van der Waals surface area (Å²) >= 11 is 7.04. The molecule has 0 radical (unpaired) electrons. The van der Waals surface area contributed by atoms with Crippen LogP contribution >= 0.6 is 22.9 Å². The molecule has 0 saturated carbocycles. The zero-order valence-corrected chi connectivity index (χ0v) is 16.0. The molecule has 29 heavy (non-hydrogen) atoms. The highest BCUT2D eigenvalue weighted by atomic mass is 35.5. The maximum absolute atomic E-state index is 12.7. The van der Waals surface area contributed by atoms with Crippen molar-refractivity contribution in [2.45, 2.75) is 6.61 Å². The smallest absolute Gasteiger partial charge is 0.387 e. The molecule has 1 aromatic heterocycles. The Labute approximate surface area is 172 Å². The molecule has 0 bridgehead atoms. The molecule has 0 N–H and O–H groups in total. The highest BCUT2D eigenvalue weighted by Crippen LogP contribution is 2.32. The van der Waals surface area contributed by atoms with Crippen LogP contribution in [-0.2, 0) is 0 Å². The molecule has 0 fully saturated rings. The van der Waals surface area contributed by atoms with E-state index in [-0.39, 0.29) is 22.6 Å². The lowest BCUT2D eigenvalue weighted by atomic mass is 10.1. The molecule has 10 heteroatoms. The van der Waals surface area contributed by atoms with Crippen LogP contribution < -0.4 is 4.74 Å². The summed E-state index contributed by atoms with van der Waals surface area (Å²) in [5.41, 5.74) is 1.09. The maximum atomic E-state index is 12.7. The molecule has 0 amide bonds. The third-order valence-corrected chi connectivity index (χ3v) is 4.84. The first-order chi connectivity index (χ1) is 13.9. The zero-order chi connectivity index (χ0) is 21.0. The minimum absolute atomic E-state index is 0.0284. The van der Waals surface area contributed by atoms with Gasteiger partial charge in [0.25, 0.3) is 5.69 Å². The standard InChI is InChI=1S/C19H10ClF2N3O3S/c20-14-3-1-11(2-4-14)16-10-29-18(24-16)13(9-23)7-12-8-15(25(26)27)5-6-17(12)28-19(21)22/h1-8,10,19H/b13-7-. The first-order valence-electron chi connectivity index (χ1n) is 7.94. The molecular formula is C19H10ClF2N3O3S. The first-order valence-corrected chi connectivity index (χ1v) is 9.20. The van der Waals surface area contributed by atoms with Crippen LogP contribution in [-0.4, -0.2) is 16.5 Å². The van der Waals surface area contributed by atoms with Crippen LogP contribution in [0.2, 0.25) is 5.02 Å². The van der Waals surface area contributed by atoms with E-state index in [9.17, 15) is 24.2 Å². The summed E-state index contributed by atoms with van der Waals surface area (Å²) in [6, 6.07) is 12.1. The van der Waals surface area contributed by atoms with Crippen molar-refractivity contribution < 1.29 is 18.4 Å². The zero-order valence-electron chi connectivity index (χ0n) is 14.4. The lowest BCUT2D eigenvalue weighted by Crippen LogP contribution is -2.03. The highest BCUT2D eigenvalue weighted by molar-refractivity contribution is 7.11. The number of alkyl halides is 2. The number of nitro benzene ring substituents is 1. The van der Waals surface area contributed by atoms with Crippen molar-refractivity contribution >= 4 is 40.3 Å².